The van der Waals surface area contributed by atoms with Gasteiger partial charge in [0.05, 0.1) is 12.2 Å². The van der Waals surface area contributed by atoms with Crippen LogP contribution in [0.3, 0.4) is 0 Å². The molecule has 1 heterocycles. The molecule has 0 aromatic heterocycles. The van der Waals surface area contributed by atoms with Gasteiger partial charge in [-0.15, -0.1) is 0 Å². The molecule has 2 aliphatic rings. The van der Waals surface area contributed by atoms with Crippen LogP contribution in [0.4, 0.5) is 0 Å². The number of rotatable bonds is 7. The van der Waals surface area contributed by atoms with E-state index in [1.165, 1.54) is 19.3 Å². The van der Waals surface area contributed by atoms with Gasteiger partial charge < -0.3 is 14.8 Å². The molecule has 1 aliphatic carbocycles. The summed E-state index contributed by atoms with van der Waals surface area (Å²) in [7, 11) is 0. The molecule has 0 amide bonds. The Morgan fingerprint density at radius 2 is 2.11 bits per heavy atom. The van der Waals surface area contributed by atoms with Crippen LogP contribution in [-0.4, -0.2) is 38.0 Å². The Hall–Kier alpha value is -0.120. The molecule has 1 N–H and O–H groups in total. The molecule has 1 aliphatic heterocycles. The highest BCUT2D eigenvalue weighted by Crippen LogP contribution is 2.46. The highest BCUT2D eigenvalue weighted by molar-refractivity contribution is 5.05. The maximum atomic E-state index is 5.86. The van der Waals surface area contributed by atoms with Gasteiger partial charge in [0.25, 0.3) is 0 Å². The molecule has 3 nitrogen and oxygen atoms in total. The van der Waals surface area contributed by atoms with Gasteiger partial charge in [-0.05, 0) is 38.5 Å². The van der Waals surface area contributed by atoms with Gasteiger partial charge >= 0.3 is 0 Å². The van der Waals surface area contributed by atoms with Crippen molar-refractivity contribution in [3.63, 3.8) is 0 Å². The Balaban J connectivity index is 1.80. The summed E-state index contributed by atoms with van der Waals surface area (Å²) in [5.74, 6) is 0.706. The molecule has 1 saturated heterocycles. The molecule has 3 heteroatoms. The molecule has 1 saturated carbocycles. The van der Waals surface area contributed by atoms with Crippen LogP contribution in [0, 0.1) is 11.3 Å². The zero-order valence-electron chi connectivity index (χ0n) is 13.1. The van der Waals surface area contributed by atoms with Crippen molar-refractivity contribution in [3.8, 4) is 0 Å². The van der Waals surface area contributed by atoms with Crippen LogP contribution in [0.2, 0.25) is 0 Å². The number of hydrogen-bond donors (Lipinski definition) is 1. The van der Waals surface area contributed by atoms with Crippen molar-refractivity contribution in [2.24, 2.45) is 11.3 Å². The minimum absolute atomic E-state index is 0.317. The second-order valence-electron chi connectivity index (χ2n) is 6.37. The van der Waals surface area contributed by atoms with E-state index in [1.807, 2.05) is 0 Å². The van der Waals surface area contributed by atoms with Crippen molar-refractivity contribution in [2.75, 3.05) is 19.8 Å². The first-order valence-electron chi connectivity index (χ1n) is 8.12. The van der Waals surface area contributed by atoms with Gasteiger partial charge in [0.15, 0.2) is 0 Å². The third kappa shape index (κ3) is 2.98. The quantitative estimate of drug-likeness (QED) is 0.771. The summed E-state index contributed by atoms with van der Waals surface area (Å²) in [6.45, 7) is 11.9. The van der Waals surface area contributed by atoms with E-state index in [1.54, 1.807) is 0 Å². The largest absolute Gasteiger partial charge is 0.378 e. The lowest BCUT2D eigenvalue weighted by Gasteiger charge is -2.54. The number of nitrogens with one attached hydrogen (secondary N) is 1. The predicted molar refractivity (Wildman–Crippen MR) is 78.4 cm³/mol. The molecule has 0 radical (unpaired) electrons. The average Bonchev–Trinajstić information content (AvgIpc) is 2.88. The first-order chi connectivity index (χ1) is 9.15. The molecule has 0 spiro atoms. The fraction of sp³-hybridized carbons (Fsp3) is 1.00. The van der Waals surface area contributed by atoms with Gasteiger partial charge in [-0.25, -0.2) is 0 Å². The van der Waals surface area contributed by atoms with Crippen LogP contribution >= 0.6 is 0 Å². The average molecular weight is 269 g/mol. The first-order valence-corrected chi connectivity index (χ1v) is 8.12. The van der Waals surface area contributed by atoms with Crippen LogP contribution < -0.4 is 5.32 Å². The molecule has 2 rings (SSSR count). The summed E-state index contributed by atoms with van der Waals surface area (Å²) in [5.41, 5.74) is 0.317. The topological polar surface area (TPSA) is 30.5 Å². The molecular formula is C16H31NO2. The highest BCUT2D eigenvalue weighted by Gasteiger charge is 2.50. The van der Waals surface area contributed by atoms with E-state index in [0.29, 0.717) is 29.6 Å². The third-order valence-electron chi connectivity index (χ3n) is 5.49. The summed E-state index contributed by atoms with van der Waals surface area (Å²) in [6.07, 6.45) is 5.64. The van der Waals surface area contributed by atoms with Crippen molar-refractivity contribution in [1.82, 2.24) is 5.32 Å². The summed E-state index contributed by atoms with van der Waals surface area (Å²) in [4.78, 5) is 0. The number of hydrogen-bond acceptors (Lipinski definition) is 3. The molecule has 0 bridgehead atoms. The molecule has 5 unspecified atom stereocenters. The zero-order chi connectivity index (χ0) is 13.9. The van der Waals surface area contributed by atoms with Crippen molar-refractivity contribution >= 4 is 0 Å². The summed E-state index contributed by atoms with van der Waals surface area (Å²) < 4.78 is 11.6. The van der Waals surface area contributed by atoms with Crippen molar-refractivity contribution in [1.29, 1.82) is 0 Å². The Labute approximate surface area is 118 Å². The van der Waals surface area contributed by atoms with Gasteiger partial charge in [0, 0.05) is 31.2 Å². The Morgan fingerprint density at radius 1 is 1.32 bits per heavy atom. The molecule has 112 valence electrons. The van der Waals surface area contributed by atoms with Gasteiger partial charge in [-0.2, -0.15) is 0 Å². The van der Waals surface area contributed by atoms with Gasteiger partial charge in [-0.3, -0.25) is 0 Å². The van der Waals surface area contributed by atoms with Gasteiger partial charge in [0.2, 0.25) is 0 Å². The van der Waals surface area contributed by atoms with E-state index in [4.69, 9.17) is 9.47 Å². The van der Waals surface area contributed by atoms with E-state index in [-0.39, 0.29) is 0 Å². The monoisotopic (exact) mass is 269 g/mol. The Bertz CT molecular complexity index is 284. The summed E-state index contributed by atoms with van der Waals surface area (Å²) in [5, 5.41) is 3.80. The lowest BCUT2D eigenvalue weighted by molar-refractivity contribution is -0.126. The fourth-order valence-corrected chi connectivity index (χ4v) is 3.74. The van der Waals surface area contributed by atoms with Crippen molar-refractivity contribution < 1.29 is 9.47 Å². The first kappa shape index (κ1) is 15.3. The smallest absolute Gasteiger partial charge is 0.0658 e. The SMILES string of the molecule is CCOC1CC(NCC2CCOC2CC)C1(C)CC. The van der Waals surface area contributed by atoms with E-state index in [0.717, 1.165) is 26.2 Å². The summed E-state index contributed by atoms with van der Waals surface area (Å²) >= 11 is 0. The fourth-order valence-electron chi connectivity index (χ4n) is 3.74. The van der Waals surface area contributed by atoms with Gasteiger partial charge in [-0.1, -0.05) is 20.8 Å². The van der Waals surface area contributed by atoms with E-state index in [9.17, 15) is 0 Å². The predicted octanol–water partition coefficient (Wildman–Crippen LogP) is 2.98. The second kappa shape index (κ2) is 6.55. The Morgan fingerprint density at radius 3 is 2.74 bits per heavy atom. The van der Waals surface area contributed by atoms with Crippen LogP contribution in [0.5, 0.6) is 0 Å². The van der Waals surface area contributed by atoms with Crippen LogP contribution in [0.15, 0.2) is 0 Å². The zero-order valence-corrected chi connectivity index (χ0v) is 13.1. The number of ether oxygens (including phenoxy) is 2. The maximum absolute atomic E-state index is 5.86. The van der Waals surface area contributed by atoms with Crippen molar-refractivity contribution in [3.05, 3.63) is 0 Å². The van der Waals surface area contributed by atoms with Crippen molar-refractivity contribution in [2.45, 2.75) is 71.6 Å². The van der Waals surface area contributed by atoms with E-state index < -0.39 is 0 Å². The minimum atomic E-state index is 0.317. The van der Waals surface area contributed by atoms with Crippen LogP contribution in [0.1, 0.15) is 53.4 Å². The lowest BCUT2D eigenvalue weighted by atomic mass is 9.61. The third-order valence-corrected chi connectivity index (χ3v) is 5.49. The molecule has 0 aromatic rings. The molecule has 0 aromatic carbocycles. The standard InChI is InChI=1S/C16H31NO2/c1-5-13-12(8-9-19-13)11-17-14-10-15(18-7-3)16(14,4)6-2/h12-15,17H,5-11H2,1-4H3. The maximum Gasteiger partial charge on any atom is 0.0658 e. The normalized spacial score (nSPS) is 42.3. The molecular weight excluding hydrogens is 238 g/mol. The lowest BCUT2D eigenvalue weighted by Crippen LogP contribution is -2.62. The van der Waals surface area contributed by atoms with E-state index in [2.05, 4.69) is 33.0 Å². The summed E-state index contributed by atoms with van der Waals surface area (Å²) in [6, 6.07) is 0.618. The Kier molecular flexibility index (Phi) is 5.27. The molecule has 5 atom stereocenters. The molecule has 19 heavy (non-hydrogen) atoms. The van der Waals surface area contributed by atoms with E-state index >= 15 is 0 Å². The second-order valence-corrected chi connectivity index (χ2v) is 6.37. The van der Waals surface area contributed by atoms with Gasteiger partial charge in [0.1, 0.15) is 0 Å². The van der Waals surface area contributed by atoms with Crippen LogP contribution in [0.25, 0.3) is 0 Å². The van der Waals surface area contributed by atoms with Crippen LogP contribution in [-0.2, 0) is 9.47 Å². The molecule has 2 fully saturated rings. The highest BCUT2D eigenvalue weighted by atomic mass is 16.5. The minimum Gasteiger partial charge on any atom is -0.378 e.